The number of hydrogen-bond donors (Lipinski definition) is 0. The molecule has 35 heavy (non-hydrogen) atoms. The highest BCUT2D eigenvalue weighted by Crippen LogP contribution is 2.27. The minimum Gasteiger partial charge on any atom is -0.333 e. The Labute approximate surface area is 209 Å². The number of aromatic nitrogens is 2. The molecule has 0 bridgehead atoms. The molecule has 5 rings (SSSR count). The van der Waals surface area contributed by atoms with E-state index >= 15 is 0 Å². The Morgan fingerprint density at radius 1 is 1.09 bits per heavy atom. The molecular weight excluding hydrogens is 463 g/mol. The maximum Gasteiger partial charge on any atom is 0.266 e. The second-order valence-corrected chi connectivity index (χ2v) is 10.7. The van der Waals surface area contributed by atoms with E-state index in [9.17, 15) is 14.0 Å². The van der Waals surface area contributed by atoms with Gasteiger partial charge in [-0.2, -0.15) is 0 Å². The number of amides is 1. The summed E-state index contributed by atoms with van der Waals surface area (Å²) in [6.07, 6.45) is 4.29. The van der Waals surface area contributed by atoms with E-state index in [-0.39, 0.29) is 17.3 Å². The fourth-order valence-electron chi connectivity index (χ4n) is 5.29. The molecule has 1 fully saturated rings. The number of carbonyl (C=O) groups is 1. The second kappa shape index (κ2) is 10.0. The number of halogens is 1. The highest BCUT2D eigenvalue weighted by Gasteiger charge is 2.28. The van der Waals surface area contributed by atoms with Gasteiger partial charge in [-0.3, -0.25) is 9.59 Å². The van der Waals surface area contributed by atoms with Crippen LogP contribution in [0.4, 0.5) is 4.39 Å². The van der Waals surface area contributed by atoms with E-state index in [1.165, 1.54) is 42.7 Å². The van der Waals surface area contributed by atoms with Crippen molar-refractivity contribution in [3.05, 3.63) is 73.3 Å². The van der Waals surface area contributed by atoms with Gasteiger partial charge in [0.2, 0.25) is 0 Å². The normalized spacial score (nSPS) is 16.4. The number of pyridine rings is 1. The first-order valence-corrected chi connectivity index (χ1v) is 13.2. The first kappa shape index (κ1) is 23.9. The summed E-state index contributed by atoms with van der Waals surface area (Å²) in [4.78, 5) is 36.3. The van der Waals surface area contributed by atoms with Crippen molar-refractivity contribution in [2.24, 2.45) is 0 Å². The van der Waals surface area contributed by atoms with Gasteiger partial charge >= 0.3 is 0 Å². The molecule has 8 heteroatoms. The van der Waals surface area contributed by atoms with Crippen LogP contribution in [0, 0.1) is 19.7 Å². The molecule has 0 atom stereocenters. The highest BCUT2D eigenvalue weighted by molar-refractivity contribution is 7.13. The molecule has 1 saturated heterocycles. The lowest BCUT2D eigenvalue weighted by Gasteiger charge is -2.32. The number of piperidine rings is 1. The summed E-state index contributed by atoms with van der Waals surface area (Å²) >= 11 is 1.42. The summed E-state index contributed by atoms with van der Waals surface area (Å²) in [5, 5.41) is 0.878. The van der Waals surface area contributed by atoms with E-state index in [2.05, 4.69) is 9.88 Å². The van der Waals surface area contributed by atoms with E-state index in [0.29, 0.717) is 42.1 Å². The summed E-state index contributed by atoms with van der Waals surface area (Å²) in [7, 11) is 0. The second-order valence-electron chi connectivity index (χ2n) is 9.52. The third-order valence-electron chi connectivity index (χ3n) is 7.08. The molecule has 0 saturated carbocycles. The molecular formula is C27H31FN4O2S. The Hall–Kier alpha value is -2.84. The molecule has 4 heterocycles. The van der Waals surface area contributed by atoms with Crippen LogP contribution in [0.5, 0.6) is 0 Å². The van der Waals surface area contributed by atoms with Gasteiger partial charge in [0.05, 0.1) is 10.7 Å². The van der Waals surface area contributed by atoms with Crippen LogP contribution in [0.2, 0.25) is 0 Å². The molecule has 0 radical (unpaired) electrons. The monoisotopic (exact) mass is 494 g/mol. The van der Waals surface area contributed by atoms with Gasteiger partial charge in [0, 0.05) is 43.9 Å². The largest absolute Gasteiger partial charge is 0.333 e. The van der Waals surface area contributed by atoms with E-state index in [1.54, 1.807) is 12.1 Å². The van der Waals surface area contributed by atoms with Crippen LogP contribution in [0.1, 0.15) is 50.9 Å². The average molecular weight is 495 g/mol. The van der Waals surface area contributed by atoms with Crippen molar-refractivity contribution in [3.63, 3.8) is 0 Å². The molecule has 1 aromatic carbocycles. The first-order valence-electron chi connectivity index (χ1n) is 12.4. The van der Waals surface area contributed by atoms with Gasteiger partial charge in [-0.25, -0.2) is 9.37 Å². The molecule has 0 unspecified atom stereocenters. The van der Waals surface area contributed by atoms with E-state index in [4.69, 9.17) is 0 Å². The Balaban J connectivity index is 1.51. The zero-order chi connectivity index (χ0) is 24.5. The highest BCUT2D eigenvalue weighted by atomic mass is 32.1. The molecule has 1 amide bonds. The van der Waals surface area contributed by atoms with Gasteiger partial charge in [0.15, 0.2) is 0 Å². The summed E-state index contributed by atoms with van der Waals surface area (Å²) < 4.78 is 15.9. The molecule has 2 aliphatic rings. The molecule has 6 nitrogen and oxygen atoms in total. The lowest BCUT2D eigenvalue weighted by molar-refractivity contribution is 0.0735. The smallest absolute Gasteiger partial charge is 0.266 e. The Morgan fingerprint density at radius 3 is 2.60 bits per heavy atom. The van der Waals surface area contributed by atoms with Crippen LogP contribution in [-0.2, 0) is 19.5 Å². The van der Waals surface area contributed by atoms with Crippen LogP contribution >= 0.6 is 11.3 Å². The summed E-state index contributed by atoms with van der Waals surface area (Å²) in [6.45, 7) is 8.32. The Morgan fingerprint density at radius 2 is 1.89 bits per heavy atom. The first-order chi connectivity index (χ1) is 16.9. The lowest BCUT2D eigenvalue weighted by Crippen LogP contribution is -2.41. The fourth-order valence-corrected chi connectivity index (χ4v) is 6.18. The number of hydrogen-bond acceptors (Lipinski definition) is 5. The van der Waals surface area contributed by atoms with Gasteiger partial charge in [-0.15, -0.1) is 11.3 Å². The van der Waals surface area contributed by atoms with Crippen LogP contribution in [-0.4, -0.2) is 51.4 Å². The average Bonchev–Trinajstić information content (AvgIpc) is 3.20. The van der Waals surface area contributed by atoms with Gasteiger partial charge in [-0.1, -0.05) is 18.6 Å². The molecule has 0 spiro atoms. The molecule has 184 valence electrons. The quantitative estimate of drug-likeness (QED) is 0.527. The third-order valence-corrected chi connectivity index (χ3v) is 8.14. The van der Waals surface area contributed by atoms with Crippen molar-refractivity contribution in [1.82, 2.24) is 19.4 Å². The van der Waals surface area contributed by atoms with Crippen molar-refractivity contribution in [3.8, 4) is 11.1 Å². The Bertz CT molecular complexity index is 1310. The van der Waals surface area contributed by atoms with E-state index in [1.807, 2.05) is 29.4 Å². The number of nitrogens with zero attached hydrogens (tertiary/aromatic N) is 4. The summed E-state index contributed by atoms with van der Waals surface area (Å²) in [5.41, 5.74) is 3.69. The number of benzene rings is 1. The predicted molar refractivity (Wildman–Crippen MR) is 136 cm³/mol. The van der Waals surface area contributed by atoms with Crippen LogP contribution in [0.3, 0.4) is 0 Å². The van der Waals surface area contributed by atoms with E-state index in [0.717, 1.165) is 41.6 Å². The third kappa shape index (κ3) is 4.95. The fraction of sp³-hybridized carbons (Fsp3) is 0.444. The van der Waals surface area contributed by atoms with Crippen LogP contribution in [0.25, 0.3) is 11.1 Å². The molecule has 2 aromatic heterocycles. The number of carbonyl (C=O) groups excluding carboxylic acids is 1. The SMILES string of the molecule is Cc1nc(C)c(C(=O)N2CCc3c(cc(-c4cccc(F)c4)c(=O)n3CCN3CCCCC3)C2)s1. The van der Waals surface area contributed by atoms with Crippen LogP contribution in [0.15, 0.2) is 35.1 Å². The van der Waals surface area contributed by atoms with E-state index < -0.39 is 0 Å². The number of thiazole rings is 1. The minimum atomic E-state index is -0.368. The topological polar surface area (TPSA) is 58.4 Å². The standard InChI is InChI=1S/C27H31FN4O2S/c1-18-25(35-19(2)29-18)27(34)31-12-9-24-21(17-31)16-23(20-7-6-8-22(28)15-20)26(33)32(24)14-13-30-10-4-3-5-11-30/h6-8,15-16H,3-5,9-14,17H2,1-2H3. The number of fused-ring (bicyclic) bond motifs is 1. The maximum absolute atomic E-state index is 14.0. The maximum atomic E-state index is 14.0. The Kier molecular flexibility index (Phi) is 6.84. The molecule has 3 aromatic rings. The summed E-state index contributed by atoms with van der Waals surface area (Å²) in [5.74, 6) is -0.385. The molecule has 2 aliphatic heterocycles. The lowest BCUT2D eigenvalue weighted by atomic mass is 9.98. The zero-order valence-electron chi connectivity index (χ0n) is 20.3. The van der Waals surface area contributed by atoms with Gasteiger partial charge in [0.1, 0.15) is 10.7 Å². The molecule has 0 N–H and O–H groups in total. The number of likely N-dealkylation sites (tertiary alicyclic amines) is 1. The minimum absolute atomic E-state index is 0.0166. The zero-order valence-corrected chi connectivity index (χ0v) is 21.2. The predicted octanol–water partition coefficient (Wildman–Crippen LogP) is 4.41. The number of aryl methyl sites for hydroxylation is 2. The molecule has 0 aliphatic carbocycles. The number of rotatable bonds is 5. The summed E-state index contributed by atoms with van der Waals surface area (Å²) in [6, 6.07) is 8.07. The van der Waals surface area contributed by atoms with Crippen molar-refractivity contribution in [2.45, 2.75) is 52.6 Å². The van der Waals surface area contributed by atoms with Crippen molar-refractivity contribution < 1.29 is 9.18 Å². The van der Waals surface area contributed by atoms with Crippen molar-refractivity contribution >= 4 is 17.2 Å². The van der Waals surface area contributed by atoms with Crippen LogP contribution < -0.4 is 5.56 Å². The van der Waals surface area contributed by atoms with Gasteiger partial charge < -0.3 is 14.4 Å². The van der Waals surface area contributed by atoms with Gasteiger partial charge in [-0.05, 0) is 69.1 Å². The van der Waals surface area contributed by atoms with Crippen molar-refractivity contribution in [2.75, 3.05) is 26.2 Å². The van der Waals surface area contributed by atoms with Crippen molar-refractivity contribution in [1.29, 1.82) is 0 Å². The van der Waals surface area contributed by atoms with Gasteiger partial charge in [0.25, 0.3) is 11.5 Å².